The zero-order valence-electron chi connectivity index (χ0n) is 20.8. The predicted octanol–water partition coefficient (Wildman–Crippen LogP) is 8.79. The Morgan fingerprint density at radius 2 is 1.45 bits per heavy atom. The Kier molecular flexibility index (Phi) is 6.88. The van der Waals surface area contributed by atoms with Crippen molar-refractivity contribution < 1.29 is 24.2 Å². The van der Waals surface area contributed by atoms with E-state index >= 15 is 0 Å². The molecule has 0 fully saturated rings. The van der Waals surface area contributed by atoms with E-state index in [1.54, 1.807) is 24.2 Å². The molecule has 1 heteroatoms. The second-order valence-corrected chi connectivity index (χ2v) is 13.7. The zero-order valence-corrected chi connectivity index (χ0v) is 23.3. The summed E-state index contributed by atoms with van der Waals surface area (Å²) >= 11 is 1.55. The molecular weight excluding hydrogens is 452 g/mol. The number of hydrogen-bond donors (Lipinski definition) is 0. The number of benzene rings is 2. The molecule has 0 saturated carbocycles. The van der Waals surface area contributed by atoms with Crippen molar-refractivity contribution in [3.63, 3.8) is 0 Å². The van der Waals surface area contributed by atoms with E-state index in [4.69, 9.17) is 0 Å². The minimum absolute atomic E-state index is 0.135. The molecule has 0 saturated heterocycles. The van der Waals surface area contributed by atoms with Crippen LogP contribution >= 0.6 is 0 Å². The third kappa shape index (κ3) is 5.49. The molecule has 0 bridgehead atoms. The summed E-state index contributed by atoms with van der Waals surface area (Å²) in [4.78, 5) is 0. The van der Waals surface area contributed by atoms with Gasteiger partial charge in [0.1, 0.15) is 0 Å². The van der Waals surface area contributed by atoms with Crippen molar-refractivity contribution in [3.05, 3.63) is 70.8 Å². The first-order valence-corrected chi connectivity index (χ1v) is 12.6. The van der Waals surface area contributed by atoms with Crippen molar-refractivity contribution in [1.29, 1.82) is 0 Å². The molecule has 0 unspecified atom stereocenters. The van der Waals surface area contributed by atoms with E-state index < -0.39 is 0 Å². The van der Waals surface area contributed by atoms with Gasteiger partial charge in [-0.3, -0.25) is 0 Å². The van der Waals surface area contributed by atoms with Gasteiger partial charge in [-0.15, -0.1) is 33.7 Å². The van der Waals surface area contributed by atoms with Crippen molar-refractivity contribution in [2.45, 2.75) is 79.6 Å². The average molecular weight is 489 g/mol. The SMILES string of the molecule is CC1=CCC(c2cc(C(C)(C)C)cc3c2[cH-]c2ccc(C(C)(C)C)cc23)=C1.C[C](C)=[Zr]. The van der Waals surface area contributed by atoms with Crippen LogP contribution in [0.3, 0.4) is 0 Å². The summed E-state index contributed by atoms with van der Waals surface area (Å²) in [5.41, 5.74) is 7.37. The molecule has 0 spiro atoms. The topological polar surface area (TPSA) is 0 Å². The van der Waals surface area contributed by atoms with Gasteiger partial charge >= 0.3 is 41.3 Å². The molecule has 3 aromatic carbocycles. The van der Waals surface area contributed by atoms with Crippen LogP contribution in [-0.2, 0) is 35.1 Å². The van der Waals surface area contributed by atoms with Gasteiger partial charge in [0, 0.05) is 0 Å². The summed E-state index contributed by atoms with van der Waals surface area (Å²) in [6.45, 7) is 20.3. The monoisotopic (exact) mass is 487 g/mol. The van der Waals surface area contributed by atoms with Crippen LogP contribution in [0, 0.1) is 0 Å². The van der Waals surface area contributed by atoms with Crippen LogP contribution in [0.25, 0.3) is 27.1 Å². The van der Waals surface area contributed by atoms with Crippen molar-refractivity contribution in [1.82, 2.24) is 0 Å². The summed E-state index contributed by atoms with van der Waals surface area (Å²) in [7, 11) is 0. The maximum atomic E-state index is 2.43. The molecule has 0 radical (unpaired) electrons. The number of allylic oxidation sites excluding steroid dienone is 4. The van der Waals surface area contributed by atoms with Crippen LogP contribution in [0.4, 0.5) is 0 Å². The third-order valence-electron chi connectivity index (χ3n) is 5.95. The van der Waals surface area contributed by atoms with Gasteiger partial charge in [-0.25, -0.2) is 0 Å². The fourth-order valence-corrected chi connectivity index (χ4v) is 4.12. The van der Waals surface area contributed by atoms with Crippen LogP contribution in [0.1, 0.15) is 85.4 Å². The molecule has 0 N–H and O–H groups in total. The van der Waals surface area contributed by atoms with Gasteiger partial charge < -0.3 is 0 Å². The summed E-state index contributed by atoms with van der Waals surface area (Å²) in [5.74, 6) is 0. The van der Waals surface area contributed by atoms with E-state index in [2.05, 4.69) is 111 Å². The molecule has 1 aliphatic rings. The van der Waals surface area contributed by atoms with Crippen LogP contribution in [-0.4, -0.2) is 3.21 Å². The summed E-state index contributed by atoms with van der Waals surface area (Å²) in [6, 6.07) is 14.3. The van der Waals surface area contributed by atoms with Gasteiger partial charge in [0.05, 0.1) is 0 Å². The molecule has 1 aliphatic carbocycles. The van der Waals surface area contributed by atoms with Crippen molar-refractivity contribution in [2.75, 3.05) is 0 Å². The molecule has 0 heterocycles. The van der Waals surface area contributed by atoms with Crippen LogP contribution in [0.2, 0.25) is 0 Å². The second kappa shape index (κ2) is 8.82. The summed E-state index contributed by atoms with van der Waals surface area (Å²) in [6.07, 6.45) is 5.74. The molecule has 0 atom stereocenters. The molecule has 162 valence electrons. The van der Waals surface area contributed by atoms with Crippen LogP contribution in [0.15, 0.2) is 54.1 Å². The Morgan fingerprint density at radius 1 is 0.871 bits per heavy atom. The Labute approximate surface area is 204 Å². The van der Waals surface area contributed by atoms with E-state index in [9.17, 15) is 0 Å². The van der Waals surface area contributed by atoms with Gasteiger partial charge in [0.15, 0.2) is 0 Å². The van der Waals surface area contributed by atoms with E-state index in [1.807, 2.05) is 0 Å². The third-order valence-corrected chi connectivity index (χ3v) is 5.95. The fraction of sp³-hybridized carbons (Fsp3) is 0.400. The first-order chi connectivity index (χ1) is 14.3. The Hall–Kier alpha value is -1.46. The minimum atomic E-state index is 0.135. The van der Waals surface area contributed by atoms with Gasteiger partial charge in [0.2, 0.25) is 0 Å². The number of rotatable bonds is 1. The van der Waals surface area contributed by atoms with Gasteiger partial charge in [-0.1, -0.05) is 106 Å². The molecule has 4 rings (SSSR count). The van der Waals surface area contributed by atoms with Crippen molar-refractivity contribution in [2.24, 2.45) is 0 Å². The van der Waals surface area contributed by atoms with E-state index in [0.29, 0.717) is 0 Å². The second-order valence-electron chi connectivity index (χ2n) is 11.3. The average Bonchev–Trinajstić information content (AvgIpc) is 3.21. The zero-order chi connectivity index (χ0) is 23.1. The van der Waals surface area contributed by atoms with Crippen LogP contribution < -0.4 is 0 Å². The van der Waals surface area contributed by atoms with E-state index in [0.717, 1.165) is 6.42 Å². The first kappa shape index (κ1) is 24.2. The van der Waals surface area contributed by atoms with Crippen molar-refractivity contribution >= 4 is 30.3 Å². The fourth-order valence-electron chi connectivity index (χ4n) is 4.12. The standard InChI is InChI=1S/C27H31.C3H6.Zr/c1-17-8-9-18(12-17)23-15-21(27(5,6)7)16-25-22-14-20(26(2,3)4)11-10-19(22)13-24(23)25;1-3-2;/h8,10-16H,9H2,1-7H3;1-2H3;/q-1;;. The van der Waals surface area contributed by atoms with E-state index in [1.165, 1.54) is 52.6 Å². The van der Waals surface area contributed by atoms with Crippen molar-refractivity contribution in [3.8, 4) is 0 Å². The number of fused-ring (bicyclic) bond motifs is 3. The van der Waals surface area contributed by atoms with Gasteiger partial charge in [-0.05, 0) is 24.2 Å². The van der Waals surface area contributed by atoms with Gasteiger partial charge in [-0.2, -0.15) is 0 Å². The Bertz CT molecular complexity index is 1190. The quantitative estimate of drug-likeness (QED) is 0.300. The molecule has 0 aromatic heterocycles. The molecule has 31 heavy (non-hydrogen) atoms. The Balaban J connectivity index is 0.000000628. The predicted molar refractivity (Wildman–Crippen MR) is 137 cm³/mol. The van der Waals surface area contributed by atoms with Crippen LogP contribution in [0.5, 0.6) is 0 Å². The van der Waals surface area contributed by atoms with Gasteiger partial charge in [0.25, 0.3) is 0 Å². The first-order valence-electron chi connectivity index (χ1n) is 11.3. The molecule has 0 aliphatic heterocycles. The normalized spacial score (nSPS) is 14.3. The summed E-state index contributed by atoms with van der Waals surface area (Å²) < 4.78 is 1.51. The molecular formula is C30H37Zr-. The number of hydrogen-bond acceptors (Lipinski definition) is 0. The summed E-state index contributed by atoms with van der Waals surface area (Å²) in [5, 5.41) is 5.56. The maximum absolute atomic E-state index is 2.43. The molecule has 0 amide bonds. The molecule has 0 nitrogen and oxygen atoms in total. The van der Waals surface area contributed by atoms with E-state index in [-0.39, 0.29) is 10.8 Å². The molecule has 3 aromatic rings. The Morgan fingerprint density at radius 3 is 1.97 bits per heavy atom.